The maximum atomic E-state index is 14.1. The molecule has 0 unspecified atom stereocenters. The van der Waals surface area contributed by atoms with Gasteiger partial charge in [0.05, 0.1) is 36.1 Å². The highest BCUT2D eigenvalue weighted by atomic mass is 32.1. The summed E-state index contributed by atoms with van der Waals surface area (Å²) in [5.74, 6) is 1.01. The van der Waals surface area contributed by atoms with Crippen molar-refractivity contribution in [1.29, 1.82) is 0 Å². The summed E-state index contributed by atoms with van der Waals surface area (Å²) >= 11 is 1.30. The molecule has 1 aliphatic carbocycles. The Hall–Kier alpha value is -5.15. The van der Waals surface area contributed by atoms with Crippen LogP contribution in [0.5, 0.6) is 11.5 Å². The van der Waals surface area contributed by atoms with Crippen molar-refractivity contribution in [1.82, 2.24) is 4.57 Å². The van der Waals surface area contributed by atoms with Crippen LogP contribution in [0, 0.1) is 0 Å². The molecule has 0 radical (unpaired) electrons. The van der Waals surface area contributed by atoms with Crippen molar-refractivity contribution in [3.8, 4) is 22.8 Å². The molecule has 214 valence electrons. The van der Waals surface area contributed by atoms with Crippen molar-refractivity contribution in [3.05, 3.63) is 132 Å². The molecule has 2 aliphatic rings. The molecule has 3 heterocycles. The van der Waals surface area contributed by atoms with Crippen LogP contribution in [-0.4, -0.2) is 29.9 Å². The highest BCUT2D eigenvalue weighted by molar-refractivity contribution is 7.07. The van der Waals surface area contributed by atoms with Crippen molar-refractivity contribution in [3.63, 3.8) is 0 Å². The number of rotatable bonds is 6. The Kier molecular flexibility index (Phi) is 6.59. The number of carbonyl (C=O) groups is 1. The third kappa shape index (κ3) is 4.49. The molecule has 0 saturated heterocycles. The first-order valence-electron chi connectivity index (χ1n) is 13.7. The Morgan fingerprint density at radius 1 is 0.977 bits per heavy atom. The predicted molar refractivity (Wildman–Crippen MR) is 163 cm³/mol. The highest BCUT2D eigenvalue weighted by Gasteiger charge is 2.33. The van der Waals surface area contributed by atoms with E-state index in [0.29, 0.717) is 37.9 Å². The summed E-state index contributed by atoms with van der Waals surface area (Å²) in [5.41, 5.74) is 5.63. The minimum atomic E-state index is -1.04. The fourth-order valence-corrected chi connectivity index (χ4v) is 6.92. The van der Waals surface area contributed by atoms with Crippen molar-refractivity contribution in [2.45, 2.75) is 18.9 Å². The number of hydrogen-bond acceptors (Lipinski definition) is 7. The second kappa shape index (κ2) is 10.6. The SMILES string of the molecule is COc1ccc([C@@H]2C3=C(N=c4s/c(=C\c5ccc(-c6ccccc6C(=O)O)o5)c(=O)n42)c2ccccc2CC3)cc1OC. The molecule has 1 aliphatic heterocycles. The average molecular weight is 591 g/mol. The normalized spacial score (nSPS) is 15.8. The van der Waals surface area contributed by atoms with Crippen LogP contribution < -0.4 is 24.4 Å². The maximum Gasteiger partial charge on any atom is 0.336 e. The molecule has 0 bridgehead atoms. The van der Waals surface area contributed by atoms with Crippen molar-refractivity contribution in [2.75, 3.05) is 14.2 Å². The molecule has 0 spiro atoms. The van der Waals surface area contributed by atoms with E-state index >= 15 is 0 Å². The second-order valence-electron chi connectivity index (χ2n) is 10.3. The van der Waals surface area contributed by atoms with Gasteiger partial charge in [0.1, 0.15) is 11.5 Å². The lowest BCUT2D eigenvalue weighted by molar-refractivity contribution is 0.0697. The molecule has 9 heteroatoms. The Labute approximate surface area is 250 Å². The number of carboxylic acid groups (broad SMARTS) is 1. The summed E-state index contributed by atoms with van der Waals surface area (Å²) in [4.78, 5) is 31.5. The van der Waals surface area contributed by atoms with Crippen LogP contribution in [0.4, 0.5) is 0 Å². The fraction of sp³-hybridized carbons (Fsp3) is 0.147. The van der Waals surface area contributed by atoms with Crippen LogP contribution in [-0.2, 0) is 6.42 Å². The zero-order chi connectivity index (χ0) is 29.7. The molecule has 1 N–H and O–H groups in total. The largest absolute Gasteiger partial charge is 0.493 e. The number of aryl methyl sites for hydroxylation is 1. The molecule has 5 aromatic rings. The topological polar surface area (TPSA) is 103 Å². The Morgan fingerprint density at radius 3 is 2.53 bits per heavy atom. The number of nitrogens with zero attached hydrogens (tertiary/aromatic N) is 2. The lowest BCUT2D eigenvalue weighted by Gasteiger charge is -2.31. The van der Waals surface area contributed by atoms with Crippen LogP contribution in [0.15, 0.2) is 98.6 Å². The summed E-state index contributed by atoms with van der Waals surface area (Å²) in [6.45, 7) is 0. The van der Waals surface area contributed by atoms with Gasteiger partial charge in [-0.1, -0.05) is 59.9 Å². The van der Waals surface area contributed by atoms with Crippen molar-refractivity contribution in [2.24, 2.45) is 4.99 Å². The first kappa shape index (κ1) is 26.7. The number of allylic oxidation sites excluding steroid dienone is 1. The third-order valence-corrected chi connectivity index (χ3v) is 8.90. The molecule has 0 fully saturated rings. The van der Waals surface area contributed by atoms with Gasteiger partial charge < -0.3 is 19.0 Å². The number of fused-ring (bicyclic) bond motifs is 3. The number of benzene rings is 3. The van der Waals surface area contributed by atoms with E-state index in [1.807, 2.05) is 30.3 Å². The Morgan fingerprint density at radius 2 is 1.74 bits per heavy atom. The van der Waals surface area contributed by atoms with E-state index in [4.69, 9.17) is 18.9 Å². The predicted octanol–water partition coefficient (Wildman–Crippen LogP) is 5.29. The van der Waals surface area contributed by atoms with Crippen LogP contribution >= 0.6 is 11.3 Å². The zero-order valence-electron chi connectivity index (χ0n) is 23.4. The Bertz CT molecular complexity index is 2130. The molecule has 0 amide bonds. The summed E-state index contributed by atoms with van der Waals surface area (Å²) in [5, 5.41) is 9.61. The summed E-state index contributed by atoms with van der Waals surface area (Å²) in [7, 11) is 3.20. The first-order chi connectivity index (χ1) is 21.0. The number of methoxy groups -OCH3 is 2. The highest BCUT2D eigenvalue weighted by Crippen LogP contribution is 2.42. The Balaban J connectivity index is 1.40. The lowest BCUT2D eigenvalue weighted by atomic mass is 9.83. The van der Waals surface area contributed by atoms with Gasteiger partial charge in [0, 0.05) is 17.2 Å². The fourth-order valence-electron chi connectivity index (χ4n) is 5.93. The van der Waals surface area contributed by atoms with E-state index in [1.54, 1.807) is 55.2 Å². The standard InChI is InChI=1S/C34H26N2O6S/c1-40-27-15-12-20(17-28(27)41-2)31-25-14-11-19-7-3-4-8-22(19)30(25)35-34-36(31)32(37)29(43-34)18-21-13-16-26(42-21)23-9-5-6-10-24(23)33(38)39/h3-10,12-13,15-18,31H,11,14H2,1-2H3,(H,38,39)/b29-18-/t31-/m1/s1. The quantitative estimate of drug-likeness (QED) is 0.288. The molecule has 43 heavy (non-hydrogen) atoms. The van der Waals surface area contributed by atoms with E-state index in [9.17, 15) is 14.7 Å². The number of hydrogen-bond donors (Lipinski definition) is 1. The molecule has 2 aromatic heterocycles. The number of aromatic carboxylic acids is 1. The number of aromatic nitrogens is 1. The van der Waals surface area contributed by atoms with Crippen LogP contribution in [0.25, 0.3) is 23.1 Å². The van der Waals surface area contributed by atoms with Gasteiger partial charge in [0.2, 0.25) is 0 Å². The van der Waals surface area contributed by atoms with Gasteiger partial charge in [-0.25, -0.2) is 9.79 Å². The number of ether oxygens (including phenoxy) is 2. The van der Waals surface area contributed by atoms with Crippen LogP contribution in [0.1, 0.15) is 45.3 Å². The van der Waals surface area contributed by atoms with Crippen LogP contribution in [0.2, 0.25) is 0 Å². The van der Waals surface area contributed by atoms with E-state index in [1.165, 1.54) is 23.0 Å². The molecular formula is C34H26N2O6S. The zero-order valence-corrected chi connectivity index (χ0v) is 24.2. The third-order valence-electron chi connectivity index (χ3n) is 7.92. The first-order valence-corrected chi connectivity index (χ1v) is 14.6. The van der Waals surface area contributed by atoms with Crippen molar-refractivity contribution < 1.29 is 23.8 Å². The van der Waals surface area contributed by atoms with Gasteiger partial charge in [-0.2, -0.15) is 0 Å². The molecule has 1 atom stereocenters. The van der Waals surface area contributed by atoms with E-state index in [-0.39, 0.29) is 17.2 Å². The van der Waals surface area contributed by atoms with Gasteiger partial charge in [-0.05, 0) is 59.9 Å². The minimum absolute atomic E-state index is 0.142. The summed E-state index contributed by atoms with van der Waals surface area (Å²) in [6.07, 6.45) is 3.31. The van der Waals surface area contributed by atoms with Crippen LogP contribution in [0.3, 0.4) is 0 Å². The summed E-state index contributed by atoms with van der Waals surface area (Å²) in [6, 6.07) is 23.8. The smallest absolute Gasteiger partial charge is 0.336 e. The van der Waals surface area contributed by atoms with Crippen molar-refractivity contribution >= 4 is 29.1 Å². The van der Waals surface area contributed by atoms with Gasteiger partial charge >= 0.3 is 5.97 Å². The molecule has 3 aromatic carbocycles. The minimum Gasteiger partial charge on any atom is -0.493 e. The molecule has 8 nitrogen and oxygen atoms in total. The van der Waals surface area contributed by atoms with Gasteiger partial charge in [0.25, 0.3) is 5.56 Å². The molecule has 0 saturated carbocycles. The van der Waals surface area contributed by atoms with Gasteiger partial charge in [0.15, 0.2) is 16.3 Å². The number of furan rings is 1. The number of thiazole rings is 1. The molecule has 7 rings (SSSR count). The van der Waals surface area contributed by atoms with Gasteiger partial charge in [-0.3, -0.25) is 9.36 Å². The maximum absolute atomic E-state index is 14.1. The monoisotopic (exact) mass is 590 g/mol. The lowest BCUT2D eigenvalue weighted by Crippen LogP contribution is -2.38. The number of carboxylic acids is 1. The second-order valence-corrected chi connectivity index (χ2v) is 11.3. The van der Waals surface area contributed by atoms with E-state index < -0.39 is 5.97 Å². The van der Waals surface area contributed by atoms with E-state index in [0.717, 1.165) is 35.2 Å². The summed E-state index contributed by atoms with van der Waals surface area (Å²) < 4.78 is 19.3. The average Bonchev–Trinajstić information content (AvgIpc) is 3.63. The van der Waals surface area contributed by atoms with E-state index in [2.05, 4.69) is 12.1 Å². The molecular weight excluding hydrogens is 564 g/mol. The van der Waals surface area contributed by atoms with Gasteiger partial charge in [-0.15, -0.1) is 0 Å².